The number of aromatic amines is 1. The predicted octanol–water partition coefficient (Wildman–Crippen LogP) is 5.44. The van der Waals surface area contributed by atoms with E-state index in [2.05, 4.69) is 52.3 Å². The first-order chi connectivity index (χ1) is 14.7. The van der Waals surface area contributed by atoms with Gasteiger partial charge < -0.3 is 4.98 Å². The van der Waals surface area contributed by atoms with Gasteiger partial charge in [0.1, 0.15) is 10.7 Å². The molecule has 0 saturated carbocycles. The van der Waals surface area contributed by atoms with Crippen LogP contribution in [0.15, 0.2) is 83.0 Å². The first-order valence-corrected chi connectivity index (χ1v) is 10.8. The summed E-state index contributed by atoms with van der Waals surface area (Å²) in [5.41, 5.74) is 3.15. The highest BCUT2D eigenvalue weighted by Crippen LogP contribution is 2.30. The van der Waals surface area contributed by atoms with E-state index >= 15 is 0 Å². The Bertz CT molecular complexity index is 1390. The number of H-pyrrole nitrogens is 1. The largest absolute Gasteiger partial charge is 0.309 e. The van der Waals surface area contributed by atoms with Crippen LogP contribution in [0.3, 0.4) is 0 Å². The molecule has 0 spiro atoms. The van der Waals surface area contributed by atoms with Crippen LogP contribution in [0.5, 0.6) is 0 Å². The molecule has 5 aromatic rings. The van der Waals surface area contributed by atoms with Crippen LogP contribution in [0.2, 0.25) is 0 Å². The summed E-state index contributed by atoms with van der Waals surface area (Å²) in [5.74, 6) is 0.692. The molecule has 3 aromatic carbocycles. The van der Waals surface area contributed by atoms with E-state index < -0.39 is 0 Å². The number of thiophene rings is 1. The summed E-state index contributed by atoms with van der Waals surface area (Å²) >= 11 is 1.52. The predicted molar refractivity (Wildman–Crippen MR) is 125 cm³/mol. The molecular formula is C25H21N3OS. The summed E-state index contributed by atoms with van der Waals surface area (Å²) in [6.07, 6.45) is 0. The molecule has 0 radical (unpaired) electrons. The molecule has 1 N–H and O–H groups in total. The minimum atomic E-state index is -0.0748. The fourth-order valence-electron chi connectivity index (χ4n) is 3.86. The molecule has 0 saturated heterocycles. The van der Waals surface area contributed by atoms with Crippen molar-refractivity contribution in [3.8, 4) is 11.1 Å². The molecule has 5 heteroatoms. The Hall–Kier alpha value is -3.28. The van der Waals surface area contributed by atoms with Gasteiger partial charge in [-0.15, -0.1) is 11.3 Å². The molecule has 0 bridgehead atoms. The van der Waals surface area contributed by atoms with Crippen molar-refractivity contribution in [1.29, 1.82) is 0 Å². The van der Waals surface area contributed by atoms with Crippen molar-refractivity contribution in [3.05, 3.63) is 99.9 Å². The van der Waals surface area contributed by atoms with Crippen LogP contribution < -0.4 is 5.56 Å². The second kappa shape index (κ2) is 7.86. The Balaban J connectivity index is 1.39. The highest BCUT2D eigenvalue weighted by molar-refractivity contribution is 7.17. The zero-order valence-electron chi connectivity index (χ0n) is 16.6. The maximum absolute atomic E-state index is 12.8. The number of benzene rings is 3. The van der Waals surface area contributed by atoms with Gasteiger partial charge in [0, 0.05) is 17.5 Å². The molecule has 0 atom stereocenters. The van der Waals surface area contributed by atoms with E-state index in [4.69, 9.17) is 4.98 Å². The summed E-state index contributed by atoms with van der Waals surface area (Å²) < 4.78 is 0. The van der Waals surface area contributed by atoms with Crippen LogP contribution in [0.1, 0.15) is 11.4 Å². The summed E-state index contributed by atoms with van der Waals surface area (Å²) in [6.45, 7) is 1.36. The second-order valence-corrected chi connectivity index (χ2v) is 8.42. The zero-order valence-corrected chi connectivity index (χ0v) is 17.4. The number of rotatable bonds is 5. The second-order valence-electron chi connectivity index (χ2n) is 7.56. The summed E-state index contributed by atoms with van der Waals surface area (Å²) in [7, 11) is 2.04. The van der Waals surface area contributed by atoms with Crippen LogP contribution in [-0.2, 0) is 13.1 Å². The van der Waals surface area contributed by atoms with Crippen molar-refractivity contribution < 1.29 is 0 Å². The number of hydrogen-bond acceptors (Lipinski definition) is 4. The van der Waals surface area contributed by atoms with Crippen molar-refractivity contribution >= 4 is 32.3 Å². The van der Waals surface area contributed by atoms with Gasteiger partial charge in [0.2, 0.25) is 0 Å². The van der Waals surface area contributed by atoms with E-state index in [9.17, 15) is 4.79 Å². The third-order valence-corrected chi connectivity index (χ3v) is 6.14. The summed E-state index contributed by atoms with van der Waals surface area (Å²) in [5, 5.41) is 5.17. The van der Waals surface area contributed by atoms with Gasteiger partial charge in [0.05, 0.1) is 11.9 Å². The van der Waals surface area contributed by atoms with Crippen molar-refractivity contribution in [2.45, 2.75) is 13.1 Å². The van der Waals surface area contributed by atoms with Gasteiger partial charge in [-0.05, 0) is 35.0 Å². The third kappa shape index (κ3) is 3.65. The summed E-state index contributed by atoms with van der Waals surface area (Å²) in [6, 6.07) is 24.9. The molecule has 0 unspecified atom stereocenters. The maximum atomic E-state index is 12.8. The van der Waals surface area contributed by atoms with Crippen molar-refractivity contribution in [2.24, 2.45) is 0 Å². The molecular weight excluding hydrogens is 390 g/mol. The first kappa shape index (κ1) is 18.7. The lowest BCUT2D eigenvalue weighted by atomic mass is 10.1. The Morgan fingerprint density at radius 2 is 1.70 bits per heavy atom. The molecule has 2 heterocycles. The molecule has 0 aliphatic carbocycles. The molecule has 0 amide bonds. The van der Waals surface area contributed by atoms with Gasteiger partial charge in [-0.2, -0.15) is 0 Å². The van der Waals surface area contributed by atoms with Crippen LogP contribution >= 0.6 is 11.3 Å². The average molecular weight is 412 g/mol. The molecule has 148 valence electrons. The molecule has 0 aliphatic heterocycles. The van der Waals surface area contributed by atoms with Crippen LogP contribution in [0.4, 0.5) is 0 Å². The van der Waals surface area contributed by atoms with Crippen molar-refractivity contribution in [3.63, 3.8) is 0 Å². The highest BCUT2D eigenvalue weighted by Gasteiger charge is 2.13. The Labute approximate surface area is 178 Å². The number of aromatic nitrogens is 2. The molecule has 0 fully saturated rings. The number of hydrogen-bond donors (Lipinski definition) is 1. The molecule has 5 rings (SSSR count). The van der Waals surface area contributed by atoms with E-state index in [-0.39, 0.29) is 5.56 Å². The highest BCUT2D eigenvalue weighted by atomic mass is 32.1. The van der Waals surface area contributed by atoms with Crippen molar-refractivity contribution in [1.82, 2.24) is 14.9 Å². The van der Waals surface area contributed by atoms with Gasteiger partial charge in [-0.1, -0.05) is 66.7 Å². The van der Waals surface area contributed by atoms with Crippen LogP contribution in [-0.4, -0.2) is 21.9 Å². The topological polar surface area (TPSA) is 49.0 Å². The summed E-state index contributed by atoms with van der Waals surface area (Å²) in [4.78, 5) is 23.5. The monoisotopic (exact) mass is 411 g/mol. The quantitative estimate of drug-likeness (QED) is 0.419. The standard InChI is InChI=1S/C25H21N3OS/c1-28(14-17-11-12-18-7-5-6-10-20(18)13-17)15-22-26-24(29)23-21(16-30-25(23)27-22)19-8-3-2-4-9-19/h2-13,16H,14-15H2,1H3,(H,26,27,29). The van der Waals surface area contributed by atoms with Crippen LogP contribution in [0.25, 0.3) is 32.1 Å². The van der Waals surface area contributed by atoms with Gasteiger partial charge in [-0.3, -0.25) is 9.69 Å². The fourth-order valence-corrected chi connectivity index (χ4v) is 4.83. The van der Waals surface area contributed by atoms with Crippen molar-refractivity contribution in [2.75, 3.05) is 7.05 Å². The van der Waals surface area contributed by atoms with E-state index in [1.54, 1.807) is 0 Å². The average Bonchev–Trinajstić information content (AvgIpc) is 3.19. The Kier molecular flexibility index (Phi) is 4.91. The third-order valence-electron chi connectivity index (χ3n) is 5.26. The fraction of sp³-hybridized carbons (Fsp3) is 0.120. The number of fused-ring (bicyclic) bond motifs is 2. The minimum Gasteiger partial charge on any atom is -0.309 e. The normalized spacial score (nSPS) is 11.5. The SMILES string of the molecule is CN(Cc1ccc2ccccc2c1)Cc1nc2scc(-c3ccccc3)c2c(=O)[nH]1. The van der Waals surface area contributed by atoms with E-state index in [1.165, 1.54) is 27.7 Å². The van der Waals surface area contributed by atoms with E-state index in [1.807, 2.05) is 42.8 Å². The number of nitrogens with one attached hydrogen (secondary N) is 1. The molecule has 0 aliphatic rings. The minimum absolute atomic E-state index is 0.0748. The van der Waals surface area contributed by atoms with E-state index in [0.717, 1.165) is 22.5 Å². The smallest absolute Gasteiger partial charge is 0.260 e. The maximum Gasteiger partial charge on any atom is 0.260 e. The van der Waals surface area contributed by atoms with E-state index in [0.29, 0.717) is 17.8 Å². The van der Waals surface area contributed by atoms with Crippen LogP contribution in [0, 0.1) is 0 Å². The van der Waals surface area contributed by atoms with Gasteiger partial charge in [0.25, 0.3) is 5.56 Å². The Morgan fingerprint density at radius 3 is 2.53 bits per heavy atom. The molecule has 30 heavy (non-hydrogen) atoms. The lowest BCUT2D eigenvalue weighted by Gasteiger charge is -2.16. The Morgan fingerprint density at radius 1 is 0.933 bits per heavy atom. The zero-order chi connectivity index (χ0) is 20.5. The first-order valence-electron chi connectivity index (χ1n) is 9.89. The van der Waals surface area contributed by atoms with Gasteiger partial charge in [-0.25, -0.2) is 4.98 Å². The lowest BCUT2D eigenvalue weighted by Crippen LogP contribution is -2.21. The number of nitrogens with zero attached hydrogens (tertiary/aromatic N) is 2. The van der Waals surface area contributed by atoms with Gasteiger partial charge in [0.15, 0.2) is 0 Å². The molecule has 4 nitrogen and oxygen atoms in total. The van der Waals surface area contributed by atoms with Gasteiger partial charge >= 0.3 is 0 Å². The lowest BCUT2D eigenvalue weighted by molar-refractivity contribution is 0.311. The molecule has 2 aromatic heterocycles.